The van der Waals surface area contributed by atoms with E-state index in [1.54, 1.807) is 0 Å². The summed E-state index contributed by atoms with van der Waals surface area (Å²) in [6, 6.07) is 8.68. The van der Waals surface area contributed by atoms with Crippen LogP contribution in [0, 0.1) is 6.92 Å². The van der Waals surface area contributed by atoms with Gasteiger partial charge in [-0.05, 0) is 25.5 Å². The van der Waals surface area contributed by atoms with E-state index < -0.39 is 0 Å². The summed E-state index contributed by atoms with van der Waals surface area (Å²) >= 11 is 0. The lowest BCUT2D eigenvalue weighted by atomic mass is 10.1. The van der Waals surface area contributed by atoms with Crippen molar-refractivity contribution in [2.45, 2.75) is 33.4 Å². The SMILES string of the molecule is CCNCc1cn(CCc2cccc(C)c2)cn1. The standard InChI is InChI=1S/C15H21N3/c1-3-16-10-15-11-18(12-17-15)8-7-14-6-4-5-13(2)9-14/h4-6,9,11-12,16H,3,7-8,10H2,1-2H3. The normalized spacial score (nSPS) is 10.8. The van der Waals surface area contributed by atoms with Crippen LogP contribution < -0.4 is 5.32 Å². The van der Waals surface area contributed by atoms with Gasteiger partial charge in [-0.25, -0.2) is 4.98 Å². The molecular weight excluding hydrogens is 222 g/mol. The molecule has 0 saturated carbocycles. The lowest BCUT2D eigenvalue weighted by molar-refractivity contribution is 0.689. The van der Waals surface area contributed by atoms with Gasteiger partial charge in [0.15, 0.2) is 0 Å². The number of aromatic nitrogens is 2. The zero-order valence-electron chi connectivity index (χ0n) is 11.2. The second-order valence-electron chi connectivity index (χ2n) is 4.62. The minimum atomic E-state index is 0.855. The van der Waals surface area contributed by atoms with Gasteiger partial charge in [-0.3, -0.25) is 0 Å². The Morgan fingerprint density at radius 2 is 2.22 bits per heavy atom. The van der Waals surface area contributed by atoms with Crippen LogP contribution in [-0.2, 0) is 19.5 Å². The minimum Gasteiger partial charge on any atom is -0.337 e. The van der Waals surface area contributed by atoms with Crippen molar-refractivity contribution in [2.24, 2.45) is 0 Å². The van der Waals surface area contributed by atoms with Crippen molar-refractivity contribution >= 4 is 0 Å². The molecule has 1 heterocycles. The third kappa shape index (κ3) is 3.70. The fraction of sp³-hybridized carbons (Fsp3) is 0.400. The molecule has 0 unspecified atom stereocenters. The molecule has 0 radical (unpaired) electrons. The number of nitrogens with one attached hydrogen (secondary N) is 1. The van der Waals surface area contributed by atoms with E-state index in [9.17, 15) is 0 Å². The quantitative estimate of drug-likeness (QED) is 0.845. The van der Waals surface area contributed by atoms with E-state index in [1.165, 1.54) is 11.1 Å². The Kier molecular flexibility index (Phi) is 4.53. The fourth-order valence-electron chi connectivity index (χ4n) is 2.00. The van der Waals surface area contributed by atoms with Crippen molar-refractivity contribution in [1.29, 1.82) is 0 Å². The zero-order chi connectivity index (χ0) is 12.8. The minimum absolute atomic E-state index is 0.855. The largest absolute Gasteiger partial charge is 0.337 e. The van der Waals surface area contributed by atoms with Gasteiger partial charge in [0.2, 0.25) is 0 Å². The number of hydrogen-bond acceptors (Lipinski definition) is 2. The molecule has 96 valence electrons. The molecule has 3 heteroatoms. The zero-order valence-corrected chi connectivity index (χ0v) is 11.2. The number of benzene rings is 1. The monoisotopic (exact) mass is 243 g/mol. The molecule has 0 fully saturated rings. The number of nitrogens with zero attached hydrogens (tertiary/aromatic N) is 2. The summed E-state index contributed by atoms with van der Waals surface area (Å²) in [6.07, 6.45) is 5.10. The molecule has 0 aliphatic carbocycles. The summed E-state index contributed by atoms with van der Waals surface area (Å²) in [5, 5.41) is 3.28. The summed E-state index contributed by atoms with van der Waals surface area (Å²) in [5.74, 6) is 0. The summed E-state index contributed by atoms with van der Waals surface area (Å²) < 4.78 is 2.16. The van der Waals surface area contributed by atoms with E-state index >= 15 is 0 Å². The van der Waals surface area contributed by atoms with E-state index in [4.69, 9.17) is 0 Å². The molecule has 18 heavy (non-hydrogen) atoms. The summed E-state index contributed by atoms with van der Waals surface area (Å²) in [6.45, 7) is 7.07. The molecule has 1 aromatic carbocycles. The maximum absolute atomic E-state index is 4.38. The third-order valence-electron chi connectivity index (χ3n) is 2.98. The number of aryl methyl sites for hydroxylation is 3. The number of rotatable bonds is 6. The number of imidazole rings is 1. The van der Waals surface area contributed by atoms with Gasteiger partial charge in [-0.2, -0.15) is 0 Å². The Hall–Kier alpha value is -1.61. The molecular formula is C15H21N3. The Bertz CT molecular complexity index is 488. The molecule has 0 aliphatic rings. The van der Waals surface area contributed by atoms with Crippen LogP contribution in [0.25, 0.3) is 0 Å². The van der Waals surface area contributed by atoms with Gasteiger partial charge < -0.3 is 9.88 Å². The highest BCUT2D eigenvalue weighted by Crippen LogP contribution is 2.06. The molecule has 1 N–H and O–H groups in total. The third-order valence-corrected chi connectivity index (χ3v) is 2.98. The highest BCUT2D eigenvalue weighted by Gasteiger charge is 1.99. The predicted octanol–water partition coefficient (Wildman–Crippen LogP) is 2.54. The smallest absolute Gasteiger partial charge is 0.0950 e. The molecule has 0 bridgehead atoms. The molecule has 1 aromatic heterocycles. The first-order valence-electron chi connectivity index (χ1n) is 6.55. The Morgan fingerprint density at radius 1 is 1.33 bits per heavy atom. The molecule has 0 amide bonds. The van der Waals surface area contributed by atoms with Crippen LogP contribution in [0.2, 0.25) is 0 Å². The molecule has 3 nitrogen and oxygen atoms in total. The van der Waals surface area contributed by atoms with Crippen LogP contribution >= 0.6 is 0 Å². The highest BCUT2D eigenvalue weighted by molar-refractivity contribution is 5.22. The second kappa shape index (κ2) is 6.36. The first-order chi connectivity index (χ1) is 8.78. The fourth-order valence-corrected chi connectivity index (χ4v) is 2.00. The lowest BCUT2D eigenvalue weighted by Gasteiger charge is -2.03. The van der Waals surface area contributed by atoms with Gasteiger partial charge in [0, 0.05) is 19.3 Å². The van der Waals surface area contributed by atoms with Crippen molar-refractivity contribution in [3.05, 3.63) is 53.6 Å². The number of hydrogen-bond donors (Lipinski definition) is 1. The molecule has 0 saturated heterocycles. The van der Waals surface area contributed by atoms with Crippen molar-refractivity contribution in [3.8, 4) is 0 Å². The first-order valence-corrected chi connectivity index (χ1v) is 6.55. The molecule has 0 spiro atoms. The molecule has 0 aliphatic heterocycles. The van der Waals surface area contributed by atoms with Crippen LogP contribution in [0.5, 0.6) is 0 Å². The second-order valence-corrected chi connectivity index (χ2v) is 4.62. The van der Waals surface area contributed by atoms with E-state index in [0.717, 1.165) is 31.7 Å². The molecule has 2 rings (SSSR count). The van der Waals surface area contributed by atoms with Gasteiger partial charge in [0.05, 0.1) is 12.0 Å². The predicted molar refractivity (Wildman–Crippen MR) is 74.5 cm³/mol. The summed E-state index contributed by atoms with van der Waals surface area (Å²) in [7, 11) is 0. The van der Waals surface area contributed by atoms with Crippen LogP contribution in [0.3, 0.4) is 0 Å². The van der Waals surface area contributed by atoms with E-state index in [2.05, 4.69) is 59.2 Å². The van der Waals surface area contributed by atoms with Gasteiger partial charge in [-0.15, -0.1) is 0 Å². The van der Waals surface area contributed by atoms with Crippen molar-refractivity contribution in [2.75, 3.05) is 6.54 Å². The van der Waals surface area contributed by atoms with Crippen molar-refractivity contribution in [1.82, 2.24) is 14.9 Å². The van der Waals surface area contributed by atoms with E-state index in [0.29, 0.717) is 0 Å². The van der Waals surface area contributed by atoms with E-state index in [-0.39, 0.29) is 0 Å². The van der Waals surface area contributed by atoms with Crippen LogP contribution in [0.15, 0.2) is 36.8 Å². The average Bonchev–Trinajstić information content (AvgIpc) is 2.82. The molecule has 2 aromatic rings. The van der Waals surface area contributed by atoms with E-state index in [1.807, 2.05) is 6.33 Å². The average molecular weight is 243 g/mol. The topological polar surface area (TPSA) is 29.9 Å². The molecule has 0 atom stereocenters. The first kappa shape index (κ1) is 12.8. The van der Waals surface area contributed by atoms with Crippen molar-refractivity contribution in [3.63, 3.8) is 0 Å². The summed E-state index contributed by atoms with van der Waals surface area (Å²) in [4.78, 5) is 4.38. The van der Waals surface area contributed by atoms with Crippen LogP contribution in [-0.4, -0.2) is 16.1 Å². The van der Waals surface area contributed by atoms with Gasteiger partial charge in [0.1, 0.15) is 0 Å². The van der Waals surface area contributed by atoms with Gasteiger partial charge in [-0.1, -0.05) is 36.8 Å². The maximum Gasteiger partial charge on any atom is 0.0950 e. The Labute approximate surface area is 109 Å². The lowest BCUT2D eigenvalue weighted by Crippen LogP contribution is -2.11. The van der Waals surface area contributed by atoms with Crippen molar-refractivity contribution < 1.29 is 0 Å². The van der Waals surface area contributed by atoms with Gasteiger partial charge >= 0.3 is 0 Å². The summed E-state index contributed by atoms with van der Waals surface area (Å²) in [5.41, 5.74) is 3.82. The Balaban J connectivity index is 1.88. The Morgan fingerprint density at radius 3 is 3.00 bits per heavy atom. The maximum atomic E-state index is 4.38. The van der Waals surface area contributed by atoms with Crippen LogP contribution in [0.4, 0.5) is 0 Å². The van der Waals surface area contributed by atoms with Gasteiger partial charge in [0.25, 0.3) is 0 Å². The van der Waals surface area contributed by atoms with Crippen LogP contribution in [0.1, 0.15) is 23.7 Å². The highest BCUT2D eigenvalue weighted by atomic mass is 15.0.